The average Bonchev–Trinajstić information content (AvgIpc) is 3.05. The molecule has 2 aromatic rings. The highest BCUT2D eigenvalue weighted by molar-refractivity contribution is 7.91. The maximum Gasteiger partial charge on any atom is 0.420 e. The summed E-state index contributed by atoms with van der Waals surface area (Å²) in [4.78, 5) is 41.0. The number of fused-ring (bicyclic) bond motifs is 2. The quantitative estimate of drug-likeness (QED) is 0.404. The van der Waals surface area contributed by atoms with Crippen LogP contribution in [0.1, 0.15) is 90.0 Å². The molecule has 2 amide bonds. The molecule has 0 bridgehead atoms. The molecule has 3 aliphatic heterocycles. The zero-order valence-electron chi connectivity index (χ0n) is 27.5. The summed E-state index contributed by atoms with van der Waals surface area (Å²) >= 11 is 0. The zero-order chi connectivity index (χ0) is 32.9. The number of hydrogen-bond acceptors (Lipinski definition) is 10. The van der Waals surface area contributed by atoms with Gasteiger partial charge in [-0.15, -0.1) is 0 Å². The number of rotatable bonds is 2. The summed E-state index contributed by atoms with van der Waals surface area (Å²) in [6, 6.07) is 4.06. The molecule has 0 saturated carbocycles. The van der Waals surface area contributed by atoms with Crippen LogP contribution in [0.15, 0.2) is 18.5 Å². The number of aryl methyl sites for hydroxylation is 1. The third-order valence-corrected chi connectivity index (χ3v) is 9.72. The van der Waals surface area contributed by atoms with Crippen molar-refractivity contribution in [2.75, 3.05) is 47.5 Å². The monoisotopic (exact) mass is 643 g/mol. The smallest absolute Gasteiger partial charge is 0.420 e. The Morgan fingerprint density at radius 1 is 0.889 bits per heavy atom. The molecule has 0 unspecified atom stereocenters. The topological polar surface area (TPSA) is 131 Å². The fourth-order valence-electron chi connectivity index (χ4n) is 6.00. The number of benzene rings is 1. The normalized spacial score (nSPS) is 20.4. The van der Waals surface area contributed by atoms with E-state index in [4.69, 9.17) is 14.2 Å². The van der Waals surface area contributed by atoms with Crippen LogP contribution < -0.4 is 14.5 Å². The molecule has 3 aliphatic rings. The van der Waals surface area contributed by atoms with E-state index in [0.717, 1.165) is 24.0 Å². The van der Waals surface area contributed by atoms with Crippen LogP contribution in [0.5, 0.6) is 5.75 Å². The van der Waals surface area contributed by atoms with Crippen LogP contribution in [0.4, 0.5) is 26.9 Å². The Kier molecular flexibility index (Phi) is 8.71. The Morgan fingerprint density at radius 3 is 2.07 bits per heavy atom. The third-order valence-electron chi connectivity index (χ3n) is 8.11. The molecular formula is C32H45N5O7S. The predicted molar refractivity (Wildman–Crippen MR) is 171 cm³/mol. The van der Waals surface area contributed by atoms with Gasteiger partial charge in [-0.05, 0) is 91.3 Å². The highest BCUT2D eigenvalue weighted by atomic mass is 32.2. The highest BCUT2D eigenvalue weighted by Crippen LogP contribution is 2.48. The van der Waals surface area contributed by atoms with Crippen molar-refractivity contribution in [2.24, 2.45) is 0 Å². The summed E-state index contributed by atoms with van der Waals surface area (Å²) in [5, 5.41) is 0. The van der Waals surface area contributed by atoms with Gasteiger partial charge in [-0.2, -0.15) is 0 Å². The van der Waals surface area contributed by atoms with Crippen molar-refractivity contribution in [1.29, 1.82) is 0 Å². The van der Waals surface area contributed by atoms with Gasteiger partial charge in [0.1, 0.15) is 35.2 Å². The molecule has 1 aromatic carbocycles. The van der Waals surface area contributed by atoms with Crippen molar-refractivity contribution in [3.05, 3.63) is 35.2 Å². The van der Waals surface area contributed by atoms with Gasteiger partial charge in [0.2, 0.25) is 0 Å². The van der Waals surface area contributed by atoms with E-state index in [0.29, 0.717) is 41.7 Å². The largest absolute Gasteiger partial charge is 0.483 e. The summed E-state index contributed by atoms with van der Waals surface area (Å²) < 4.78 is 42.5. The Bertz CT molecular complexity index is 1560. The molecular weight excluding hydrogens is 598 g/mol. The van der Waals surface area contributed by atoms with E-state index in [1.807, 2.05) is 66.4 Å². The number of aromatic nitrogens is 2. The maximum atomic E-state index is 14.0. The molecule has 12 nitrogen and oxygen atoms in total. The summed E-state index contributed by atoms with van der Waals surface area (Å²) in [5.41, 5.74) is 1.64. The van der Waals surface area contributed by atoms with Crippen molar-refractivity contribution in [1.82, 2.24) is 14.9 Å². The van der Waals surface area contributed by atoms with E-state index < -0.39 is 33.2 Å². The number of nitrogens with zero attached hydrogens (tertiary/aromatic N) is 5. The number of hydrogen-bond donors (Lipinski definition) is 0. The first-order valence-electron chi connectivity index (χ1n) is 15.5. The number of likely N-dealkylation sites (tertiary alicyclic amines) is 1. The fraction of sp³-hybridized carbons (Fsp3) is 0.625. The number of anilines is 3. The minimum atomic E-state index is -3.12. The van der Waals surface area contributed by atoms with Crippen LogP contribution >= 0.6 is 0 Å². The number of carbonyl (C=O) groups excluding carboxylic acids is 2. The van der Waals surface area contributed by atoms with E-state index in [-0.39, 0.29) is 36.6 Å². The van der Waals surface area contributed by atoms with Gasteiger partial charge in [0.25, 0.3) is 0 Å². The Labute approximate surface area is 266 Å². The first-order valence-corrected chi connectivity index (χ1v) is 17.4. The van der Waals surface area contributed by atoms with Gasteiger partial charge >= 0.3 is 12.2 Å². The first kappa shape index (κ1) is 32.8. The standard InChI is InChI=1S/C32H45N5O7S/c1-20-17-23(22-9-11-36(12-10-22)29(38)43-31(3,4)5)18-24-26(20)42-21(2)25-27(35-13-15-45(40,41)16-14-35)33-19-34-28(25)37(24)30(39)44-32(6,7)8/h17-19,21-22H,9-16H2,1-8H3/t21-/m1/s1. The molecule has 5 rings (SSSR count). The van der Waals surface area contributed by atoms with Gasteiger partial charge in [-0.1, -0.05) is 6.07 Å². The molecule has 246 valence electrons. The summed E-state index contributed by atoms with van der Waals surface area (Å²) in [7, 11) is -3.12. The van der Waals surface area contributed by atoms with E-state index in [2.05, 4.69) is 16.0 Å². The zero-order valence-corrected chi connectivity index (χ0v) is 28.4. The summed E-state index contributed by atoms with van der Waals surface area (Å²) in [6.45, 7) is 16.5. The molecule has 45 heavy (non-hydrogen) atoms. The number of carbonyl (C=O) groups is 2. The van der Waals surface area contributed by atoms with Crippen LogP contribution in [0.25, 0.3) is 0 Å². The second-order valence-electron chi connectivity index (χ2n) is 14.1. The second-order valence-corrected chi connectivity index (χ2v) is 16.4. The molecule has 0 radical (unpaired) electrons. The Hall–Kier alpha value is -3.61. The molecule has 1 atom stereocenters. The second kappa shape index (κ2) is 12.0. The van der Waals surface area contributed by atoms with Gasteiger partial charge in [0.15, 0.2) is 15.7 Å². The molecule has 13 heteroatoms. The lowest BCUT2D eigenvalue weighted by molar-refractivity contribution is 0.0204. The van der Waals surface area contributed by atoms with Crippen molar-refractivity contribution < 1.29 is 32.2 Å². The van der Waals surface area contributed by atoms with Gasteiger partial charge < -0.3 is 24.0 Å². The van der Waals surface area contributed by atoms with E-state index in [1.54, 1.807) is 4.90 Å². The van der Waals surface area contributed by atoms with Gasteiger partial charge in [0.05, 0.1) is 22.8 Å². The number of ether oxygens (including phenoxy) is 3. The average molecular weight is 644 g/mol. The molecule has 0 N–H and O–H groups in total. The molecule has 4 heterocycles. The first-order chi connectivity index (χ1) is 20.9. The van der Waals surface area contributed by atoms with Crippen LogP contribution in [-0.4, -0.2) is 84.4 Å². The molecule has 1 aromatic heterocycles. The lowest BCUT2D eigenvalue weighted by Gasteiger charge is -2.34. The molecule has 2 fully saturated rings. The van der Waals surface area contributed by atoms with E-state index >= 15 is 0 Å². The highest BCUT2D eigenvalue weighted by Gasteiger charge is 2.39. The SMILES string of the molecule is Cc1cc(C2CCN(C(=O)OC(C)(C)C)CC2)cc2c1O[C@H](C)c1c(N3CCS(=O)(=O)CC3)ncnc1N2C(=O)OC(C)(C)C. The number of sulfone groups is 1. The predicted octanol–water partition coefficient (Wildman–Crippen LogP) is 5.66. The fourth-order valence-corrected chi connectivity index (χ4v) is 7.20. The summed E-state index contributed by atoms with van der Waals surface area (Å²) in [5.74, 6) is 1.60. The molecule has 0 spiro atoms. The Morgan fingerprint density at radius 2 is 1.47 bits per heavy atom. The summed E-state index contributed by atoms with van der Waals surface area (Å²) in [6.07, 6.45) is 1.41. The van der Waals surface area contributed by atoms with Crippen LogP contribution in [-0.2, 0) is 19.3 Å². The van der Waals surface area contributed by atoms with Crippen LogP contribution in [0.3, 0.4) is 0 Å². The van der Waals surface area contributed by atoms with Crippen molar-refractivity contribution in [2.45, 2.75) is 91.5 Å². The third kappa shape index (κ3) is 7.29. The van der Waals surface area contributed by atoms with Crippen LogP contribution in [0, 0.1) is 6.92 Å². The van der Waals surface area contributed by atoms with Crippen molar-refractivity contribution >= 4 is 39.3 Å². The number of amides is 2. The number of piperidine rings is 1. The van der Waals surface area contributed by atoms with E-state index in [9.17, 15) is 18.0 Å². The van der Waals surface area contributed by atoms with Crippen molar-refractivity contribution in [3.63, 3.8) is 0 Å². The minimum absolute atomic E-state index is 0.0201. The lowest BCUT2D eigenvalue weighted by Crippen LogP contribution is -2.42. The van der Waals surface area contributed by atoms with Crippen LogP contribution in [0.2, 0.25) is 0 Å². The van der Waals surface area contributed by atoms with Gasteiger partial charge in [-0.3, -0.25) is 0 Å². The van der Waals surface area contributed by atoms with Crippen molar-refractivity contribution in [3.8, 4) is 5.75 Å². The van der Waals surface area contributed by atoms with Gasteiger partial charge in [0, 0.05) is 26.2 Å². The van der Waals surface area contributed by atoms with E-state index in [1.165, 1.54) is 11.2 Å². The van der Waals surface area contributed by atoms with Gasteiger partial charge in [-0.25, -0.2) is 32.9 Å². The lowest BCUT2D eigenvalue weighted by atomic mass is 9.88. The molecule has 2 saturated heterocycles. The molecule has 0 aliphatic carbocycles. The Balaban J connectivity index is 1.54. The minimum Gasteiger partial charge on any atom is -0.483 e. The maximum absolute atomic E-state index is 14.0.